The number of hydrogen-bond donors (Lipinski definition) is 1. The van der Waals surface area contributed by atoms with Gasteiger partial charge in [-0.2, -0.15) is 0 Å². The highest BCUT2D eigenvalue weighted by Crippen LogP contribution is 2.27. The third kappa shape index (κ3) is 5.05. The van der Waals surface area contributed by atoms with E-state index in [9.17, 15) is 9.90 Å². The van der Waals surface area contributed by atoms with Gasteiger partial charge in [0.15, 0.2) is 5.78 Å². The normalized spacial score (nSPS) is 10.9. The Morgan fingerprint density at radius 2 is 1.69 bits per heavy atom. The lowest BCUT2D eigenvalue weighted by atomic mass is 10.1. The van der Waals surface area contributed by atoms with Crippen molar-refractivity contribution < 1.29 is 19.4 Å². The van der Waals surface area contributed by atoms with E-state index in [0.29, 0.717) is 12.2 Å². The molecule has 0 aliphatic heterocycles. The van der Waals surface area contributed by atoms with Gasteiger partial charge in [-0.25, -0.2) is 0 Å². The average Bonchev–Trinajstić information content (AvgIpc) is 2.72. The molecule has 3 aromatic carbocycles. The maximum Gasteiger partial charge on any atom is 0.185 e. The van der Waals surface area contributed by atoms with E-state index in [0.717, 1.165) is 33.8 Å². The molecule has 0 saturated carbocycles. The molecule has 0 aliphatic carbocycles. The number of phenols is 1. The lowest BCUT2D eigenvalue weighted by Gasteiger charge is -2.14. The van der Waals surface area contributed by atoms with Crippen LogP contribution in [0.4, 0.5) is 0 Å². The summed E-state index contributed by atoms with van der Waals surface area (Å²) in [5.74, 6) is 1.61. The Morgan fingerprint density at radius 1 is 1.00 bits per heavy atom. The minimum Gasteiger partial charge on any atom is -0.508 e. The van der Waals surface area contributed by atoms with Crippen LogP contribution in [0.2, 0.25) is 0 Å². The molecular weight excluding hydrogens is 364 g/mol. The fraction of sp³-hybridized carbons (Fsp3) is 0.160. The molecule has 1 N–H and O–H groups in total. The number of aryl methyl sites for hydroxylation is 2. The molecule has 4 nitrogen and oxygen atoms in total. The monoisotopic (exact) mass is 388 g/mol. The van der Waals surface area contributed by atoms with Crippen molar-refractivity contribution in [1.82, 2.24) is 0 Å². The fourth-order valence-corrected chi connectivity index (χ4v) is 3.09. The smallest absolute Gasteiger partial charge is 0.185 e. The molecule has 0 fully saturated rings. The highest BCUT2D eigenvalue weighted by molar-refractivity contribution is 6.06. The number of para-hydroxylation sites is 1. The van der Waals surface area contributed by atoms with Gasteiger partial charge < -0.3 is 14.6 Å². The van der Waals surface area contributed by atoms with Gasteiger partial charge >= 0.3 is 0 Å². The first-order valence-corrected chi connectivity index (χ1v) is 9.35. The molecule has 4 heteroatoms. The van der Waals surface area contributed by atoms with Gasteiger partial charge in [0, 0.05) is 11.1 Å². The summed E-state index contributed by atoms with van der Waals surface area (Å²) in [4.78, 5) is 12.3. The Bertz CT molecular complexity index is 1010. The number of carbonyl (C=O) groups is 1. The summed E-state index contributed by atoms with van der Waals surface area (Å²) in [6, 6.07) is 18.0. The van der Waals surface area contributed by atoms with Crippen LogP contribution in [0, 0.1) is 13.8 Å². The third-order valence-electron chi connectivity index (χ3n) is 4.66. The number of methoxy groups -OCH3 is 1. The van der Waals surface area contributed by atoms with Crippen molar-refractivity contribution >= 4 is 11.9 Å². The van der Waals surface area contributed by atoms with E-state index in [-0.39, 0.29) is 11.5 Å². The van der Waals surface area contributed by atoms with Gasteiger partial charge in [0.2, 0.25) is 0 Å². The van der Waals surface area contributed by atoms with Crippen LogP contribution in [-0.4, -0.2) is 18.0 Å². The van der Waals surface area contributed by atoms with Gasteiger partial charge in [0.1, 0.15) is 23.9 Å². The summed E-state index contributed by atoms with van der Waals surface area (Å²) >= 11 is 0. The molecule has 0 amide bonds. The predicted octanol–water partition coefficient (Wildman–Crippen LogP) is 5.49. The first-order chi connectivity index (χ1) is 14.0. The summed E-state index contributed by atoms with van der Waals surface area (Å²) in [7, 11) is 1.63. The van der Waals surface area contributed by atoms with Gasteiger partial charge in [0.05, 0.1) is 7.11 Å². The van der Waals surface area contributed by atoms with Crippen molar-refractivity contribution in [2.24, 2.45) is 0 Å². The first kappa shape index (κ1) is 20.2. The van der Waals surface area contributed by atoms with E-state index in [1.807, 2.05) is 50.2 Å². The van der Waals surface area contributed by atoms with Crippen LogP contribution in [0.1, 0.15) is 32.6 Å². The van der Waals surface area contributed by atoms with Crippen LogP contribution in [-0.2, 0) is 6.61 Å². The minimum atomic E-state index is -0.130. The van der Waals surface area contributed by atoms with E-state index in [1.165, 1.54) is 18.2 Å². The number of allylic oxidation sites excluding steroid dienone is 1. The lowest BCUT2D eigenvalue weighted by molar-refractivity contribution is 0.104. The molecule has 0 aliphatic rings. The maximum atomic E-state index is 12.3. The van der Waals surface area contributed by atoms with Crippen LogP contribution in [0.15, 0.2) is 66.7 Å². The Labute approximate surface area is 171 Å². The third-order valence-corrected chi connectivity index (χ3v) is 4.66. The molecule has 3 aromatic rings. The second-order valence-electron chi connectivity index (χ2n) is 6.83. The van der Waals surface area contributed by atoms with Crippen LogP contribution in [0.3, 0.4) is 0 Å². The second kappa shape index (κ2) is 9.11. The summed E-state index contributed by atoms with van der Waals surface area (Å²) < 4.78 is 11.5. The fourth-order valence-electron chi connectivity index (χ4n) is 3.09. The minimum absolute atomic E-state index is 0.130. The zero-order valence-electron chi connectivity index (χ0n) is 16.8. The molecule has 0 radical (unpaired) electrons. The number of hydrogen-bond acceptors (Lipinski definition) is 4. The molecule has 0 bridgehead atoms. The first-order valence-electron chi connectivity index (χ1n) is 9.35. The molecule has 0 heterocycles. The largest absolute Gasteiger partial charge is 0.508 e. The number of aromatic hydroxyl groups is 1. The number of carbonyl (C=O) groups excluding carboxylic acids is 1. The predicted molar refractivity (Wildman–Crippen MR) is 115 cm³/mol. The van der Waals surface area contributed by atoms with E-state index in [4.69, 9.17) is 9.47 Å². The van der Waals surface area contributed by atoms with Crippen LogP contribution in [0.25, 0.3) is 6.08 Å². The molecule has 0 unspecified atom stereocenters. The molecular formula is C25H24O4. The zero-order valence-corrected chi connectivity index (χ0v) is 16.8. The van der Waals surface area contributed by atoms with Crippen molar-refractivity contribution in [2.45, 2.75) is 20.5 Å². The van der Waals surface area contributed by atoms with Crippen molar-refractivity contribution in [1.29, 1.82) is 0 Å². The van der Waals surface area contributed by atoms with Crippen molar-refractivity contribution in [2.75, 3.05) is 7.11 Å². The van der Waals surface area contributed by atoms with Crippen molar-refractivity contribution in [3.05, 3.63) is 94.6 Å². The molecule has 0 atom stereocenters. The molecule has 29 heavy (non-hydrogen) atoms. The quantitative estimate of drug-likeness (QED) is 0.429. The second-order valence-corrected chi connectivity index (χ2v) is 6.83. The molecule has 0 aromatic heterocycles. The Balaban J connectivity index is 1.77. The number of benzene rings is 3. The van der Waals surface area contributed by atoms with Gasteiger partial charge in [0.25, 0.3) is 0 Å². The Hall–Kier alpha value is -3.53. The molecule has 148 valence electrons. The van der Waals surface area contributed by atoms with Crippen molar-refractivity contribution in [3.63, 3.8) is 0 Å². The van der Waals surface area contributed by atoms with E-state index < -0.39 is 0 Å². The van der Waals surface area contributed by atoms with E-state index in [1.54, 1.807) is 25.3 Å². The number of phenolic OH excluding ortho intramolecular Hbond substituents is 1. The number of ketones is 1. The van der Waals surface area contributed by atoms with E-state index in [2.05, 4.69) is 0 Å². The maximum absolute atomic E-state index is 12.3. The number of rotatable bonds is 7. The summed E-state index contributed by atoms with van der Waals surface area (Å²) in [5.41, 5.74) is 4.46. The van der Waals surface area contributed by atoms with Crippen LogP contribution < -0.4 is 9.47 Å². The summed E-state index contributed by atoms with van der Waals surface area (Å²) in [6.45, 7) is 4.41. The standard InChI is InChI=1S/C25H24O4/c1-17-5-4-6-18(2)25(17)29-16-21-15-19(8-14-24(21)28-3)7-13-23(27)20-9-11-22(26)12-10-20/h4-15,26H,16H2,1-3H3/b13-7+. The molecule has 3 rings (SSSR count). The van der Waals surface area contributed by atoms with Gasteiger partial charge in [-0.05, 0) is 73.0 Å². The Kier molecular flexibility index (Phi) is 6.35. The van der Waals surface area contributed by atoms with Crippen LogP contribution >= 0.6 is 0 Å². The lowest BCUT2D eigenvalue weighted by Crippen LogP contribution is -2.01. The molecule has 0 spiro atoms. The zero-order chi connectivity index (χ0) is 20.8. The van der Waals surface area contributed by atoms with Gasteiger partial charge in [-0.3, -0.25) is 4.79 Å². The van der Waals surface area contributed by atoms with E-state index >= 15 is 0 Å². The van der Waals surface area contributed by atoms with Crippen molar-refractivity contribution in [3.8, 4) is 17.2 Å². The highest BCUT2D eigenvalue weighted by atomic mass is 16.5. The summed E-state index contributed by atoms with van der Waals surface area (Å²) in [6.07, 6.45) is 3.28. The Morgan fingerprint density at radius 3 is 2.34 bits per heavy atom. The highest BCUT2D eigenvalue weighted by Gasteiger charge is 2.08. The van der Waals surface area contributed by atoms with Crippen LogP contribution in [0.5, 0.6) is 17.2 Å². The number of ether oxygens (including phenoxy) is 2. The average molecular weight is 388 g/mol. The SMILES string of the molecule is COc1ccc(/C=C/C(=O)c2ccc(O)cc2)cc1COc1c(C)cccc1C. The summed E-state index contributed by atoms with van der Waals surface area (Å²) in [5, 5.41) is 9.34. The van der Waals surface area contributed by atoms with Gasteiger partial charge in [-0.15, -0.1) is 0 Å². The molecule has 0 saturated heterocycles. The van der Waals surface area contributed by atoms with Gasteiger partial charge in [-0.1, -0.05) is 30.3 Å². The topological polar surface area (TPSA) is 55.8 Å².